The largest absolute Gasteiger partial charge is 0.338 e. The maximum atomic E-state index is 13.8. The molecule has 3 rings (SSSR count). The van der Waals surface area contributed by atoms with Gasteiger partial charge in [-0.2, -0.15) is 10.1 Å². The minimum atomic E-state index is -1.57. The fourth-order valence-electron chi connectivity index (χ4n) is 2.49. The molecule has 1 aromatic heterocycles. The minimum Gasteiger partial charge on any atom is -0.338 e. The zero-order valence-corrected chi connectivity index (χ0v) is 14.1. The maximum Gasteiger partial charge on any atom is 0.249 e. The molecular formula is C18H16F3N5. The van der Waals surface area contributed by atoms with Crippen molar-refractivity contribution in [1.82, 2.24) is 15.2 Å². The van der Waals surface area contributed by atoms with Gasteiger partial charge in [0.15, 0.2) is 23.3 Å². The fraction of sp³-hybridized carbons (Fsp3) is 0.167. The third-order valence-corrected chi connectivity index (χ3v) is 3.83. The monoisotopic (exact) mass is 359 g/mol. The summed E-state index contributed by atoms with van der Waals surface area (Å²) in [5, 5.41) is 13.2. The predicted molar refractivity (Wildman–Crippen MR) is 93.3 cm³/mol. The lowest BCUT2D eigenvalue weighted by Gasteiger charge is -2.13. The van der Waals surface area contributed by atoms with Crippen molar-refractivity contribution < 1.29 is 13.2 Å². The van der Waals surface area contributed by atoms with Gasteiger partial charge in [0.05, 0.1) is 11.9 Å². The van der Waals surface area contributed by atoms with Gasteiger partial charge in [0.25, 0.3) is 0 Å². The summed E-state index contributed by atoms with van der Waals surface area (Å²) in [4.78, 5) is 4.19. The molecule has 2 aromatic carbocycles. The van der Waals surface area contributed by atoms with E-state index >= 15 is 0 Å². The number of benzene rings is 2. The Kier molecular flexibility index (Phi) is 5.01. The van der Waals surface area contributed by atoms with E-state index in [0.29, 0.717) is 5.82 Å². The van der Waals surface area contributed by atoms with Crippen molar-refractivity contribution in [3.63, 3.8) is 0 Å². The van der Waals surface area contributed by atoms with Gasteiger partial charge in [-0.05, 0) is 36.6 Å². The van der Waals surface area contributed by atoms with Crippen LogP contribution < -0.4 is 10.6 Å². The number of hydrogen-bond acceptors (Lipinski definition) is 5. The van der Waals surface area contributed by atoms with Gasteiger partial charge in [-0.3, -0.25) is 0 Å². The molecule has 0 spiro atoms. The first kappa shape index (κ1) is 17.7. The van der Waals surface area contributed by atoms with E-state index in [1.165, 1.54) is 6.20 Å². The highest BCUT2D eigenvalue weighted by molar-refractivity contribution is 5.65. The van der Waals surface area contributed by atoms with Crippen molar-refractivity contribution in [3.8, 4) is 0 Å². The Morgan fingerprint density at radius 2 is 1.81 bits per heavy atom. The molecule has 0 amide bonds. The van der Waals surface area contributed by atoms with Crippen molar-refractivity contribution in [1.29, 1.82) is 0 Å². The van der Waals surface area contributed by atoms with E-state index in [-0.39, 0.29) is 11.6 Å². The van der Waals surface area contributed by atoms with Gasteiger partial charge in [-0.1, -0.05) is 25.1 Å². The summed E-state index contributed by atoms with van der Waals surface area (Å²) in [6, 6.07) is 7.81. The summed E-state index contributed by atoms with van der Waals surface area (Å²) in [6.07, 6.45) is 2.24. The third-order valence-electron chi connectivity index (χ3n) is 3.83. The Labute approximate surface area is 148 Å². The number of nitrogens with one attached hydrogen (secondary N) is 2. The SMILES string of the molecule is CCc1cccc(C)c1Nc1cnnc(Nc2ccc(F)c(F)c2F)n1. The van der Waals surface area contributed by atoms with Gasteiger partial charge in [-0.25, -0.2) is 13.2 Å². The summed E-state index contributed by atoms with van der Waals surface area (Å²) in [5.74, 6) is -3.85. The summed E-state index contributed by atoms with van der Waals surface area (Å²) >= 11 is 0. The molecule has 0 aliphatic carbocycles. The Hall–Kier alpha value is -3.16. The molecule has 134 valence electrons. The van der Waals surface area contributed by atoms with Crippen molar-refractivity contribution in [2.75, 3.05) is 10.6 Å². The van der Waals surface area contributed by atoms with Crippen molar-refractivity contribution in [3.05, 3.63) is 65.1 Å². The zero-order chi connectivity index (χ0) is 18.7. The Balaban J connectivity index is 1.87. The molecule has 0 aliphatic heterocycles. The molecule has 8 heteroatoms. The fourth-order valence-corrected chi connectivity index (χ4v) is 2.49. The molecule has 0 unspecified atom stereocenters. The first-order valence-corrected chi connectivity index (χ1v) is 7.95. The van der Waals surface area contributed by atoms with Crippen LogP contribution in [0.3, 0.4) is 0 Å². The van der Waals surface area contributed by atoms with E-state index in [1.54, 1.807) is 0 Å². The van der Waals surface area contributed by atoms with Crippen LogP contribution in [0.25, 0.3) is 0 Å². The summed E-state index contributed by atoms with van der Waals surface area (Å²) in [7, 11) is 0. The molecule has 0 bridgehead atoms. The maximum absolute atomic E-state index is 13.8. The average Bonchev–Trinajstić information content (AvgIpc) is 2.64. The minimum absolute atomic E-state index is 0.0495. The lowest BCUT2D eigenvalue weighted by Crippen LogP contribution is -2.06. The zero-order valence-electron chi connectivity index (χ0n) is 14.1. The second-order valence-corrected chi connectivity index (χ2v) is 5.60. The molecule has 0 atom stereocenters. The Bertz CT molecular complexity index is 946. The molecular weight excluding hydrogens is 343 g/mol. The van der Waals surface area contributed by atoms with Gasteiger partial charge >= 0.3 is 0 Å². The summed E-state index contributed by atoms with van der Waals surface area (Å²) in [5.41, 5.74) is 2.75. The molecule has 0 radical (unpaired) electrons. The highest BCUT2D eigenvalue weighted by Gasteiger charge is 2.14. The number of rotatable bonds is 5. The molecule has 3 aromatic rings. The quantitative estimate of drug-likeness (QED) is 0.650. The number of aryl methyl sites for hydroxylation is 2. The summed E-state index contributed by atoms with van der Waals surface area (Å²) in [6.45, 7) is 4.00. The first-order chi connectivity index (χ1) is 12.5. The topological polar surface area (TPSA) is 62.7 Å². The third kappa shape index (κ3) is 3.58. The highest BCUT2D eigenvalue weighted by atomic mass is 19.2. The van der Waals surface area contributed by atoms with E-state index in [0.717, 1.165) is 35.4 Å². The van der Waals surface area contributed by atoms with Crippen LogP contribution in [0.5, 0.6) is 0 Å². The van der Waals surface area contributed by atoms with E-state index < -0.39 is 17.5 Å². The lowest BCUT2D eigenvalue weighted by molar-refractivity contribution is 0.449. The number of hydrogen-bond donors (Lipinski definition) is 2. The first-order valence-electron chi connectivity index (χ1n) is 7.95. The molecule has 0 saturated heterocycles. The van der Waals surface area contributed by atoms with Crippen LogP contribution >= 0.6 is 0 Å². The lowest BCUT2D eigenvalue weighted by atomic mass is 10.1. The van der Waals surface area contributed by atoms with Crippen molar-refractivity contribution in [2.24, 2.45) is 0 Å². The van der Waals surface area contributed by atoms with Crippen LogP contribution in [0.2, 0.25) is 0 Å². The smallest absolute Gasteiger partial charge is 0.249 e. The normalized spacial score (nSPS) is 10.7. The van der Waals surface area contributed by atoms with Crippen LogP contribution in [-0.4, -0.2) is 15.2 Å². The molecule has 5 nitrogen and oxygen atoms in total. The van der Waals surface area contributed by atoms with Gasteiger partial charge in [0, 0.05) is 5.69 Å². The Morgan fingerprint density at radius 3 is 2.58 bits per heavy atom. The van der Waals surface area contributed by atoms with E-state index in [9.17, 15) is 13.2 Å². The molecule has 0 fully saturated rings. The van der Waals surface area contributed by atoms with Gasteiger partial charge in [0.2, 0.25) is 5.95 Å². The summed E-state index contributed by atoms with van der Waals surface area (Å²) < 4.78 is 40.1. The molecule has 1 heterocycles. The molecule has 26 heavy (non-hydrogen) atoms. The van der Waals surface area contributed by atoms with E-state index in [1.807, 2.05) is 32.0 Å². The predicted octanol–water partition coefficient (Wildman–Crippen LogP) is 4.65. The van der Waals surface area contributed by atoms with Gasteiger partial charge in [-0.15, -0.1) is 5.10 Å². The molecule has 2 N–H and O–H groups in total. The van der Waals surface area contributed by atoms with Gasteiger partial charge < -0.3 is 10.6 Å². The second kappa shape index (κ2) is 7.38. The van der Waals surface area contributed by atoms with Crippen LogP contribution in [0.1, 0.15) is 18.1 Å². The molecule has 0 saturated carbocycles. The van der Waals surface area contributed by atoms with Crippen LogP contribution in [0.4, 0.5) is 36.3 Å². The second-order valence-electron chi connectivity index (χ2n) is 5.60. The molecule has 0 aliphatic rings. The highest BCUT2D eigenvalue weighted by Crippen LogP contribution is 2.25. The standard InChI is InChI=1S/C18H16F3N5/c1-3-11-6-4-5-10(2)17(11)24-14-9-22-26-18(25-14)23-13-8-7-12(19)15(20)16(13)21/h4-9H,3H2,1-2H3,(H2,23,24,25,26). The van der Waals surface area contributed by atoms with E-state index in [2.05, 4.69) is 25.8 Å². The number of anilines is 4. The number of aromatic nitrogens is 3. The number of nitrogens with zero attached hydrogens (tertiary/aromatic N) is 3. The van der Waals surface area contributed by atoms with Crippen molar-refractivity contribution in [2.45, 2.75) is 20.3 Å². The Morgan fingerprint density at radius 1 is 1.00 bits per heavy atom. The van der Waals surface area contributed by atoms with Crippen LogP contribution in [0.15, 0.2) is 36.5 Å². The number of para-hydroxylation sites is 1. The number of halogens is 3. The van der Waals surface area contributed by atoms with Crippen LogP contribution in [-0.2, 0) is 6.42 Å². The van der Waals surface area contributed by atoms with Crippen LogP contribution in [0, 0.1) is 24.4 Å². The van der Waals surface area contributed by atoms with E-state index in [4.69, 9.17) is 0 Å². The average molecular weight is 359 g/mol. The van der Waals surface area contributed by atoms with Crippen molar-refractivity contribution >= 4 is 23.1 Å². The van der Waals surface area contributed by atoms with Gasteiger partial charge in [0.1, 0.15) is 0 Å².